The quantitative estimate of drug-likeness (QED) is 0.863. The van der Waals surface area contributed by atoms with Crippen LogP contribution >= 0.6 is 0 Å². The SMILES string of the molecule is CCC1=Cc2cc(NC(=O)C(O)c3ccc(OC)cc3)ccc2CC1. The number of allylic oxidation sites excluding steroid dienone is 1. The average molecular weight is 337 g/mol. The third-order valence-corrected chi connectivity index (χ3v) is 4.62. The summed E-state index contributed by atoms with van der Waals surface area (Å²) in [6.07, 6.45) is 4.17. The van der Waals surface area contributed by atoms with E-state index < -0.39 is 12.0 Å². The first-order chi connectivity index (χ1) is 12.1. The molecule has 2 aromatic rings. The second-order valence-electron chi connectivity index (χ2n) is 6.23. The summed E-state index contributed by atoms with van der Waals surface area (Å²) in [5.74, 6) is 0.241. The first-order valence-corrected chi connectivity index (χ1v) is 8.56. The molecular formula is C21H23NO3. The Balaban J connectivity index is 1.73. The van der Waals surface area contributed by atoms with Crippen molar-refractivity contribution in [2.45, 2.75) is 32.3 Å². The maximum absolute atomic E-state index is 12.3. The number of ether oxygens (including phenoxy) is 1. The van der Waals surface area contributed by atoms with Crippen molar-refractivity contribution in [1.29, 1.82) is 0 Å². The van der Waals surface area contributed by atoms with Crippen LogP contribution < -0.4 is 10.1 Å². The van der Waals surface area contributed by atoms with E-state index in [4.69, 9.17) is 4.74 Å². The molecule has 0 bridgehead atoms. The Morgan fingerprint density at radius 1 is 1.20 bits per heavy atom. The van der Waals surface area contributed by atoms with Crippen LogP contribution in [0.5, 0.6) is 5.75 Å². The van der Waals surface area contributed by atoms with Crippen LogP contribution in [0, 0.1) is 0 Å². The summed E-state index contributed by atoms with van der Waals surface area (Å²) in [5, 5.41) is 13.1. The smallest absolute Gasteiger partial charge is 0.257 e. The molecule has 4 heteroatoms. The maximum Gasteiger partial charge on any atom is 0.257 e. The molecule has 0 heterocycles. The molecule has 0 radical (unpaired) electrons. The zero-order chi connectivity index (χ0) is 17.8. The first-order valence-electron chi connectivity index (χ1n) is 8.56. The van der Waals surface area contributed by atoms with Crippen LogP contribution in [0.3, 0.4) is 0 Å². The van der Waals surface area contributed by atoms with Crippen LogP contribution in [0.4, 0.5) is 5.69 Å². The van der Waals surface area contributed by atoms with E-state index >= 15 is 0 Å². The highest BCUT2D eigenvalue weighted by Gasteiger charge is 2.18. The number of anilines is 1. The van der Waals surface area contributed by atoms with Gasteiger partial charge < -0.3 is 15.2 Å². The van der Waals surface area contributed by atoms with Gasteiger partial charge in [0.1, 0.15) is 5.75 Å². The first kappa shape index (κ1) is 17.2. The summed E-state index contributed by atoms with van der Waals surface area (Å²) in [6.45, 7) is 2.16. The second-order valence-corrected chi connectivity index (χ2v) is 6.23. The molecule has 4 nitrogen and oxygen atoms in total. The Morgan fingerprint density at radius 3 is 2.64 bits per heavy atom. The van der Waals surface area contributed by atoms with Gasteiger partial charge in [0, 0.05) is 5.69 Å². The minimum absolute atomic E-state index is 0.444. The van der Waals surface area contributed by atoms with E-state index in [1.54, 1.807) is 31.4 Å². The van der Waals surface area contributed by atoms with E-state index in [0.29, 0.717) is 17.0 Å². The molecule has 0 saturated carbocycles. The van der Waals surface area contributed by atoms with E-state index in [1.807, 2.05) is 18.2 Å². The molecular weight excluding hydrogens is 314 g/mol. The number of carbonyl (C=O) groups is 1. The van der Waals surface area contributed by atoms with Crippen molar-refractivity contribution >= 4 is 17.7 Å². The lowest BCUT2D eigenvalue weighted by molar-refractivity contribution is -0.124. The molecule has 130 valence electrons. The highest BCUT2D eigenvalue weighted by atomic mass is 16.5. The zero-order valence-electron chi connectivity index (χ0n) is 14.6. The van der Waals surface area contributed by atoms with Crippen molar-refractivity contribution in [2.24, 2.45) is 0 Å². The number of benzene rings is 2. The molecule has 1 aliphatic carbocycles. The maximum atomic E-state index is 12.3. The Hall–Kier alpha value is -2.59. The summed E-state index contributed by atoms with van der Waals surface area (Å²) >= 11 is 0. The molecule has 0 aliphatic heterocycles. The van der Waals surface area contributed by atoms with Crippen molar-refractivity contribution < 1.29 is 14.6 Å². The number of nitrogens with one attached hydrogen (secondary N) is 1. The Kier molecular flexibility index (Phi) is 5.19. The molecule has 1 aliphatic rings. The number of hydrogen-bond acceptors (Lipinski definition) is 3. The summed E-state index contributed by atoms with van der Waals surface area (Å²) in [7, 11) is 1.58. The van der Waals surface area contributed by atoms with Crippen molar-refractivity contribution in [1.82, 2.24) is 0 Å². The average Bonchev–Trinajstić information content (AvgIpc) is 2.66. The van der Waals surface area contributed by atoms with Crippen LogP contribution in [0.25, 0.3) is 6.08 Å². The Bertz CT molecular complexity index is 793. The topological polar surface area (TPSA) is 58.6 Å². The molecule has 1 amide bonds. The fraction of sp³-hybridized carbons (Fsp3) is 0.286. The fourth-order valence-corrected chi connectivity index (χ4v) is 3.05. The number of rotatable bonds is 5. The molecule has 1 atom stereocenters. The van der Waals surface area contributed by atoms with Gasteiger partial charge in [0.25, 0.3) is 5.91 Å². The monoisotopic (exact) mass is 337 g/mol. The minimum Gasteiger partial charge on any atom is -0.497 e. The van der Waals surface area contributed by atoms with Crippen molar-refractivity contribution in [3.05, 3.63) is 64.7 Å². The standard InChI is InChI=1S/C21H23NO3/c1-3-14-4-5-15-6-9-18(13-17(15)12-14)22-21(24)20(23)16-7-10-19(25-2)11-8-16/h6-13,20,23H,3-5H2,1-2H3,(H,22,24). The third kappa shape index (κ3) is 3.91. The molecule has 3 rings (SSSR count). The number of fused-ring (bicyclic) bond motifs is 1. The summed E-state index contributed by atoms with van der Waals surface area (Å²) < 4.78 is 5.09. The molecule has 0 fully saturated rings. The molecule has 2 N–H and O–H groups in total. The molecule has 0 saturated heterocycles. The lowest BCUT2D eigenvalue weighted by Gasteiger charge is -2.17. The number of amides is 1. The molecule has 0 aromatic heterocycles. The summed E-state index contributed by atoms with van der Waals surface area (Å²) in [5.41, 5.74) is 5.11. The minimum atomic E-state index is -1.22. The van der Waals surface area contributed by atoms with Gasteiger partial charge in [0.2, 0.25) is 0 Å². The zero-order valence-corrected chi connectivity index (χ0v) is 14.6. The molecule has 2 aromatic carbocycles. The van der Waals surface area contributed by atoms with E-state index in [9.17, 15) is 9.90 Å². The predicted molar refractivity (Wildman–Crippen MR) is 99.6 cm³/mol. The molecule has 1 unspecified atom stereocenters. The Labute approximate surface area is 148 Å². The van der Waals surface area contributed by atoms with Crippen molar-refractivity contribution in [3.8, 4) is 5.75 Å². The van der Waals surface area contributed by atoms with Crippen molar-refractivity contribution in [2.75, 3.05) is 12.4 Å². The van der Waals surface area contributed by atoms with Gasteiger partial charge in [0.05, 0.1) is 7.11 Å². The molecule has 0 spiro atoms. The number of carbonyl (C=O) groups excluding carboxylic acids is 1. The van der Waals surface area contributed by atoms with E-state index in [-0.39, 0.29) is 0 Å². The van der Waals surface area contributed by atoms with Gasteiger partial charge in [-0.15, -0.1) is 0 Å². The fourth-order valence-electron chi connectivity index (χ4n) is 3.05. The lowest BCUT2D eigenvalue weighted by atomic mass is 9.91. The number of aliphatic hydroxyl groups excluding tert-OH is 1. The number of aliphatic hydroxyl groups is 1. The van der Waals surface area contributed by atoms with Crippen molar-refractivity contribution in [3.63, 3.8) is 0 Å². The third-order valence-electron chi connectivity index (χ3n) is 4.62. The summed E-state index contributed by atoms with van der Waals surface area (Å²) in [4.78, 5) is 12.3. The van der Waals surface area contributed by atoms with Gasteiger partial charge in [-0.05, 0) is 60.2 Å². The van der Waals surface area contributed by atoms with Gasteiger partial charge in [-0.1, -0.05) is 36.8 Å². The van der Waals surface area contributed by atoms with E-state index in [1.165, 1.54) is 11.1 Å². The number of methoxy groups -OCH3 is 1. The van der Waals surface area contributed by atoms with E-state index in [0.717, 1.165) is 24.8 Å². The second kappa shape index (κ2) is 7.53. The van der Waals surface area contributed by atoms with Crippen LogP contribution in [0.15, 0.2) is 48.0 Å². The number of aryl methyl sites for hydroxylation is 1. The Morgan fingerprint density at radius 2 is 1.96 bits per heavy atom. The lowest BCUT2D eigenvalue weighted by Crippen LogP contribution is -2.21. The van der Waals surface area contributed by atoms with Crippen LogP contribution in [0.2, 0.25) is 0 Å². The highest BCUT2D eigenvalue weighted by molar-refractivity contribution is 5.95. The van der Waals surface area contributed by atoms with Crippen LogP contribution in [-0.2, 0) is 11.2 Å². The van der Waals surface area contributed by atoms with Crippen LogP contribution in [-0.4, -0.2) is 18.1 Å². The van der Waals surface area contributed by atoms with Gasteiger partial charge >= 0.3 is 0 Å². The summed E-state index contributed by atoms with van der Waals surface area (Å²) in [6, 6.07) is 12.7. The van der Waals surface area contributed by atoms with Crippen LogP contribution in [0.1, 0.15) is 42.6 Å². The van der Waals surface area contributed by atoms with Gasteiger partial charge in [-0.25, -0.2) is 0 Å². The largest absolute Gasteiger partial charge is 0.497 e. The number of hydrogen-bond donors (Lipinski definition) is 2. The predicted octanol–water partition coefficient (Wildman–Crippen LogP) is 4.11. The van der Waals surface area contributed by atoms with Gasteiger partial charge in [-0.3, -0.25) is 4.79 Å². The van der Waals surface area contributed by atoms with E-state index in [2.05, 4.69) is 18.3 Å². The normalized spacial score (nSPS) is 14.3. The highest BCUT2D eigenvalue weighted by Crippen LogP contribution is 2.28. The van der Waals surface area contributed by atoms with Gasteiger partial charge in [0.15, 0.2) is 6.10 Å². The van der Waals surface area contributed by atoms with Gasteiger partial charge in [-0.2, -0.15) is 0 Å². The molecule has 25 heavy (non-hydrogen) atoms.